The van der Waals surface area contributed by atoms with E-state index in [0.29, 0.717) is 29.3 Å². The highest BCUT2D eigenvalue weighted by Gasteiger charge is 2.26. The second-order valence-corrected chi connectivity index (χ2v) is 8.32. The maximum absolute atomic E-state index is 12.7. The van der Waals surface area contributed by atoms with Crippen molar-refractivity contribution in [3.63, 3.8) is 0 Å². The van der Waals surface area contributed by atoms with Gasteiger partial charge >= 0.3 is 5.97 Å². The molecular weight excluding hydrogens is 458 g/mol. The van der Waals surface area contributed by atoms with Gasteiger partial charge in [0.05, 0.1) is 0 Å². The number of thioether (sulfide) groups is 1. The van der Waals surface area contributed by atoms with Crippen molar-refractivity contribution in [2.75, 3.05) is 29.2 Å². The molecule has 3 amide bonds. The summed E-state index contributed by atoms with van der Waals surface area (Å²) in [4.78, 5) is 48.5. The van der Waals surface area contributed by atoms with Crippen LogP contribution in [0.2, 0.25) is 0 Å². The lowest BCUT2D eigenvalue weighted by atomic mass is 10.2. The number of nitrogens with one attached hydrogen (secondary N) is 3. The Morgan fingerprint density at radius 2 is 1.56 bits per heavy atom. The molecule has 10 heteroatoms. The Hall–Kier alpha value is -3.53. The predicted octanol–water partition coefficient (Wildman–Crippen LogP) is 2.83. The molecule has 2 atom stereocenters. The summed E-state index contributed by atoms with van der Waals surface area (Å²) in [6.45, 7) is 2.60. The zero-order valence-corrected chi connectivity index (χ0v) is 20.1. The summed E-state index contributed by atoms with van der Waals surface area (Å²) < 4.78 is 10.7. The second kappa shape index (κ2) is 13.9. The first-order valence-electron chi connectivity index (χ1n) is 10.6. The van der Waals surface area contributed by atoms with Gasteiger partial charge in [0.15, 0.2) is 12.7 Å². The van der Waals surface area contributed by atoms with E-state index in [1.165, 1.54) is 25.6 Å². The number of hydrogen-bond donors (Lipinski definition) is 3. The van der Waals surface area contributed by atoms with Crippen molar-refractivity contribution in [2.45, 2.75) is 32.4 Å². The molecule has 0 aliphatic carbocycles. The number of hydrogen-bond acceptors (Lipinski definition) is 7. The zero-order chi connectivity index (χ0) is 24.9. The van der Waals surface area contributed by atoms with E-state index in [0.717, 1.165) is 0 Å². The van der Waals surface area contributed by atoms with E-state index in [4.69, 9.17) is 9.47 Å². The highest BCUT2D eigenvalue weighted by atomic mass is 32.2. The van der Waals surface area contributed by atoms with Crippen molar-refractivity contribution in [1.82, 2.24) is 5.32 Å². The lowest BCUT2D eigenvalue weighted by Crippen LogP contribution is -2.46. The molecule has 0 aromatic heterocycles. The average molecular weight is 488 g/mol. The van der Waals surface area contributed by atoms with Crippen LogP contribution >= 0.6 is 11.8 Å². The number of carbonyl (C=O) groups is 4. The molecule has 0 aliphatic rings. The van der Waals surface area contributed by atoms with Crippen molar-refractivity contribution in [3.8, 4) is 5.75 Å². The van der Waals surface area contributed by atoms with Gasteiger partial charge in [-0.1, -0.05) is 18.2 Å². The lowest BCUT2D eigenvalue weighted by molar-refractivity contribution is -0.156. The van der Waals surface area contributed by atoms with Gasteiger partial charge in [-0.3, -0.25) is 14.4 Å². The van der Waals surface area contributed by atoms with Gasteiger partial charge in [0.25, 0.3) is 11.8 Å². The fourth-order valence-electron chi connectivity index (χ4n) is 2.78. The number of para-hydroxylation sites is 1. The molecule has 182 valence electrons. The van der Waals surface area contributed by atoms with Crippen LogP contribution in [0.5, 0.6) is 5.75 Å². The maximum Gasteiger partial charge on any atom is 0.329 e. The molecule has 34 heavy (non-hydrogen) atoms. The highest BCUT2D eigenvalue weighted by molar-refractivity contribution is 7.98. The van der Waals surface area contributed by atoms with Gasteiger partial charge in [0.2, 0.25) is 5.91 Å². The van der Waals surface area contributed by atoms with Crippen molar-refractivity contribution in [1.29, 1.82) is 0 Å². The van der Waals surface area contributed by atoms with Crippen LogP contribution in [0, 0.1) is 0 Å². The van der Waals surface area contributed by atoms with Gasteiger partial charge in [0.1, 0.15) is 11.8 Å². The van der Waals surface area contributed by atoms with E-state index >= 15 is 0 Å². The Morgan fingerprint density at radius 1 is 0.941 bits per heavy atom. The van der Waals surface area contributed by atoms with Crippen molar-refractivity contribution in [3.05, 3.63) is 54.6 Å². The van der Waals surface area contributed by atoms with Crippen molar-refractivity contribution < 1.29 is 28.7 Å². The molecule has 2 aromatic rings. The molecule has 2 aromatic carbocycles. The van der Waals surface area contributed by atoms with Crippen LogP contribution in [-0.4, -0.2) is 54.5 Å². The molecule has 0 bridgehead atoms. The Labute approximate surface area is 203 Å². The van der Waals surface area contributed by atoms with E-state index in [1.807, 2.05) is 12.3 Å². The zero-order valence-electron chi connectivity index (χ0n) is 19.3. The quantitative estimate of drug-likeness (QED) is 0.394. The number of anilines is 2. The minimum atomic E-state index is -1.09. The van der Waals surface area contributed by atoms with Gasteiger partial charge in [-0.05, 0) is 61.8 Å². The monoisotopic (exact) mass is 487 g/mol. The Balaban J connectivity index is 1.89. The van der Waals surface area contributed by atoms with Crippen molar-refractivity contribution in [2.24, 2.45) is 0 Å². The van der Waals surface area contributed by atoms with Crippen LogP contribution in [0.15, 0.2) is 54.6 Å². The van der Waals surface area contributed by atoms with Gasteiger partial charge in [-0.15, -0.1) is 0 Å². The Kier molecular flexibility index (Phi) is 10.9. The third-order valence-corrected chi connectivity index (χ3v) is 5.12. The smallest absolute Gasteiger partial charge is 0.329 e. The summed E-state index contributed by atoms with van der Waals surface area (Å²) in [5.74, 6) is -0.749. The van der Waals surface area contributed by atoms with Crippen LogP contribution in [0.4, 0.5) is 11.4 Å². The first kappa shape index (κ1) is 26.7. The third-order valence-electron chi connectivity index (χ3n) is 4.48. The molecule has 0 aliphatic heterocycles. The first-order chi connectivity index (χ1) is 16.3. The summed E-state index contributed by atoms with van der Waals surface area (Å²) in [6.07, 6.45) is 1.14. The standard InChI is InChI=1S/C24H29N3O6S/c1-16(23(30)26-19-11-9-18(10-12-19)25-17(2)28)33-24(31)21(13-14-34-3)27-22(29)15-32-20-7-5-4-6-8-20/h4-12,16,21H,13-15H2,1-3H3,(H,25,28)(H,26,30)(H,27,29)/t16-,21+/m0/s1. The fourth-order valence-corrected chi connectivity index (χ4v) is 3.25. The van der Waals surface area contributed by atoms with E-state index in [-0.39, 0.29) is 12.5 Å². The summed E-state index contributed by atoms with van der Waals surface area (Å²) in [5.41, 5.74) is 1.07. The van der Waals surface area contributed by atoms with E-state index in [9.17, 15) is 19.2 Å². The molecular formula is C24H29N3O6S. The first-order valence-corrected chi connectivity index (χ1v) is 12.0. The molecule has 0 spiro atoms. The third kappa shape index (κ3) is 9.53. The number of ether oxygens (including phenoxy) is 2. The molecule has 0 heterocycles. The minimum Gasteiger partial charge on any atom is -0.484 e. The highest BCUT2D eigenvalue weighted by Crippen LogP contribution is 2.14. The van der Waals surface area contributed by atoms with E-state index in [1.54, 1.807) is 48.5 Å². The van der Waals surface area contributed by atoms with Crippen LogP contribution in [0.3, 0.4) is 0 Å². The van der Waals surface area contributed by atoms with Gasteiger partial charge < -0.3 is 25.4 Å². The predicted molar refractivity (Wildman–Crippen MR) is 132 cm³/mol. The second-order valence-electron chi connectivity index (χ2n) is 7.33. The van der Waals surface area contributed by atoms with Crippen LogP contribution < -0.4 is 20.7 Å². The van der Waals surface area contributed by atoms with Gasteiger partial charge in [-0.2, -0.15) is 11.8 Å². The van der Waals surface area contributed by atoms with Crippen LogP contribution in [0.1, 0.15) is 20.3 Å². The lowest BCUT2D eigenvalue weighted by Gasteiger charge is -2.20. The minimum absolute atomic E-state index is 0.202. The number of esters is 1. The number of carbonyl (C=O) groups excluding carboxylic acids is 4. The summed E-state index contributed by atoms with van der Waals surface area (Å²) in [5, 5.41) is 7.90. The normalized spacial score (nSPS) is 12.1. The molecule has 2 rings (SSSR count). The van der Waals surface area contributed by atoms with Gasteiger partial charge in [0, 0.05) is 18.3 Å². The van der Waals surface area contributed by atoms with Crippen molar-refractivity contribution >= 4 is 46.8 Å². The Bertz CT molecular complexity index is 968. The molecule has 0 radical (unpaired) electrons. The van der Waals surface area contributed by atoms with Crippen LogP contribution in [-0.2, 0) is 23.9 Å². The molecule has 9 nitrogen and oxygen atoms in total. The molecule has 0 unspecified atom stereocenters. The maximum atomic E-state index is 12.7. The van der Waals surface area contributed by atoms with E-state index < -0.39 is 29.9 Å². The number of rotatable bonds is 12. The van der Waals surface area contributed by atoms with Gasteiger partial charge in [-0.25, -0.2) is 4.79 Å². The fraction of sp³-hybridized carbons (Fsp3) is 0.333. The van der Waals surface area contributed by atoms with Crippen LogP contribution in [0.25, 0.3) is 0 Å². The number of benzene rings is 2. The molecule has 0 saturated heterocycles. The SMILES string of the molecule is CSCC[C@@H](NC(=O)COc1ccccc1)C(=O)O[C@@H](C)C(=O)Nc1ccc(NC(C)=O)cc1. The summed E-state index contributed by atoms with van der Waals surface area (Å²) in [6, 6.07) is 14.5. The number of amides is 3. The Morgan fingerprint density at radius 3 is 2.15 bits per heavy atom. The molecule has 3 N–H and O–H groups in total. The summed E-state index contributed by atoms with van der Waals surface area (Å²) in [7, 11) is 0. The largest absolute Gasteiger partial charge is 0.484 e. The van der Waals surface area contributed by atoms with E-state index in [2.05, 4.69) is 16.0 Å². The molecule has 0 fully saturated rings. The summed E-state index contributed by atoms with van der Waals surface area (Å²) >= 11 is 1.52. The molecule has 0 saturated carbocycles. The topological polar surface area (TPSA) is 123 Å². The average Bonchev–Trinajstić information content (AvgIpc) is 2.81.